The molecule has 1 atom stereocenters. The molecule has 0 fully saturated rings. The number of halogens is 3. The summed E-state index contributed by atoms with van der Waals surface area (Å²) in [4.78, 5) is 22.5. The zero-order chi connectivity index (χ0) is 27.6. The molecule has 0 saturated heterocycles. The van der Waals surface area contributed by atoms with Gasteiger partial charge in [-0.2, -0.15) is 18.3 Å². The van der Waals surface area contributed by atoms with Gasteiger partial charge in [0.15, 0.2) is 11.5 Å². The van der Waals surface area contributed by atoms with Gasteiger partial charge >= 0.3 is 6.18 Å². The average molecular weight is 533 g/mol. The summed E-state index contributed by atoms with van der Waals surface area (Å²) in [5.74, 6) is 1.06. The first kappa shape index (κ1) is 27.7. The zero-order valence-corrected chi connectivity index (χ0v) is 22.5. The quantitative estimate of drug-likeness (QED) is 0.330. The van der Waals surface area contributed by atoms with E-state index in [9.17, 15) is 18.0 Å². The predicted octanol–water partition coefficient (Wildman–Crippen LogP) is 5.80. The summed E-state index contributed by atoms with van der Waals surface area (Å²) in [6.07, 6.45) is -0.105. The molecule has 0 radical (unpaired) electrons. The van der Waals surface area contributed by atoms with E-state index < -0.39 is 18.0 Å². The van der Waals surface area contributed by atoms with Gasteiger partial charge in [0.25, 0.3) is 5.91 Å². The van der Waals surface area contributed by atoms with Crippen LogP contribution in [0.15, 0.2) is 36.7 Å². The largest absolute Gasteiger partial charge is 0.416 e. The smallest absolute Gasteiger partial charge is 0.355 e. The molecule has 0 bridgehead atoms. The van der Waals surface area contributed by atoms with Gasteiger partial charge in [-0.1, -0.05) is 26.0 Å². The number of carbonyl (C=O) groups is 1. The van der Waals surface area contributed by atoms with E-state index in [1.54, 1.807) is 23.1 Å². The lowest BCUT2D eigenvalue weighted by molar-refractivity contribution is -0.137. The predicted molar refractivity (Wildman–Crippen MR) is 139 cm³/mol. The monoisotopic (exact) mass is 532 g/mol. The number of anilines is 1. The Kier molecular flexibility index (Phi) is 8.15. The number of nitrogens with zero attached hydrogens (tertiary/aromatic N) is 6. The van der Waals surface area contributed by atoms with Crippen LogP contribution in [0.1, 0.15) is 75.3 Å². The van der Waals surface area contributed by atoms with E-state index in [2.05, 4.69) is 10.00 Å². The number of hydrogen-bond donors (Lipinski definition) is 0. The molecule has 3 heterocycles. The number of hydrogen-bond acceptors (Lipinski definition) is 5. The molecular formula is C27H35F3N6O2. The van der Waals surface area contributed by atoms with Crippen molar-refractivity contribution in [3.63, 3.8) is 0 Å². The second-order valence-corrected chi connectivity index (χ2v) is 9.72. The molecule has 1 aliphatic rings. The zero-order valence-electron chi connectivity index (χ0n) is 22.5. The summed E-state index contributed by atoms with van der Waals surface area (Å²) >= 11 is 0. The van der Waals surface area contributed by atoms with Gasteiger partial charge < -0.3 is 14.5 Å². The number of fused-ring (bicyclic) bond motifs is 1. The Morgan fingerprint density at radius 3 is 2.53 bits per heavy atom. The van der Waals surface area contributed by atoms with Crippen LogP contribution in [0.25, 0.3) is 11.4 Å². The maximum Gasteiger partial charge on any atom is 0.416 e. The highest BCUT2D eigenvalue weighted by Gasteiger charge is 2.37. The molecule has 0 spiro atoms. The van der Waals surface area contributed by atoms with Gasteiger partial charge in [-0.3, -0.25) is 14.0 Å². The third-order valence-electron chi connectivity index (χ3n) is 6.46. The molecule has 4 rings (SSSR count). The van der Waals surface area contributed by atoms with E-state index in [0.29, 0.717) is 54.6 Å². The van der Waals surface area contributed by atoms with Crippen molar-refractivity contribution in [3.8, 4) is 11.4 Å². The lowest BCUT2D eigenvalue weighted by Crippen LogP contribution is -2.47. The number of aromatic nitrogens is 4. The van der Waals surface area contributed by atoms with Crippen LogP contribution >= 0.6 is 0 Å². The first-order valence-corrected chi connectivity index (χ1v) is 13.1. The van der Waals surface area contributed by atoms with E-state index in [-0.39, 0.29) is 18.6 Å². The summed E-state index contributed by atoms with van der Waals surface area (Å²) in [6.45, 7) is 11.9. The topological polar surface area (TPSA) is 68.4 Å². The Morgan fingerprint density at radius 1 is 1.13 bits per heavy atom. The fourth-order valence-electron chi connectivity index (χ4n) is 4.76. The van der Waals surface area contributed by atoms with Crippen LogP contribution < -0.4 is 4.90 Å². The van der Waals surface area contributed by atoms with Crippen molar-refractivity contribution in [3.05, 3.63) is 53.5 Å². The van der Waals surface area contributed by atoms with Crippen molar-refractivity contribution in [2.45, 2.75) is 72.5 Å². The molecule has 0 saturated carbocycles. The lowest BCUT2D eigenvalue weighted by atomic mass is 10.1. The molecular weight excluding hydrogens is 497 g/mol. The fraction of sp³-hybridized carbons (Fsp3) is 0.519. The van der Waals surface area contributed by atoms with Gasteiger partial charge in [-0.15, -0.1) is 0 Å². The number of benzene rings is 1. The fourth-order valence-corrected chi connectivity index (χ4v) is 4.76. The highest BCUT2D eigenvalue weighted by molar-refractivity contribution is 6.00. The maximum atomic E-state index is 13.7. The standard InChI is InChI=1S/C27H35F3N6O2/c1-6-12-34-17-33(8-3)25-23(26(34)37)36(22(7-2)38-18(4)5)24(32-25)20-14-31-35(16-20)15-19-10-9-11-21(13-19)27(28,29)30/h9-11,13-14,16,18,22H,6-8,12,15,17H2,1-5H3. The van der Waals surface area contributed by atoms with E-state index >= 15 is 0 Å². The molecule has 1 amide bonds. The van der Waals surface area contributed by atoms with Crippen LogP contribution in [0.4, 0.5) is 19.0 Å². The summed E-state index contributed by atoms with van der Waals surface area (Å²) in [5.41, 5.74) is 0.925. The van der Waals surface area contributed by atoms with E-state index in [1.807, 2.05) is 44.1 Å². The molecule has 206 valence electrons. The van der Waals surface area contributed by atoms with Gasteiger partial charge in [-0.25, -0.2) is 4.98 Å². The highest BCUT2D eigenvalue weighted by Crippen LogP contribution is 2.36. The molecule has 11 heteroatoms. The van der Waals surface area contributed by atoms with Crippen molar-refractivity contribution >= 4 is 11.7 Å². The second kappa shape index (κ2) is 11.2. The van der Waals surface area contributed by atoms with Gasteiger partial charge in [0, 0.05) is 19.3 Å². The molecule has 1 aliphatic heterocycles. The van der Waals surface area contributed by atoms with E-state index in [4.69, 9.17) is 9.72 Å². The average Bonchev–Trinajstić information content (AvgIpc) is 3.49. The van der Waals surface area contributed by atoms with Crippen LogP contribution in [0.3, 0.4) is 0 Å². The van der Waals surface area contributed by atoms with Gasteiger partial charge in [0.05, 0.1) is 36.6 Å². The highest BCUT2D eigenvalue weighted by atomic mass is 19.4. The van der Waals surface area contributed by atoms with Gasteiger partial charge in [0.1, 0.15) is 12.1 Å². The number of amides is 1. The maximum absolute atomic E-state index is 13.7. The summed E-state index contributed by atoms with van der Waals surface area (Å²) in [6, 6.07) is 5.22. The molecule has 38 heavy (non-hydrogen) atoms. The Hall–Kier alpha value is -3.34. The van der Waals surface area contributed by atoms with Crippen molar-refractivity contribution in [2.24, 2.45) is 0 Å². The molecule has 0 aliphatic carbocycles. The summed E-state index contributed by atoms with van der Waals surface area (Å²) in [7, 11) is 0. The normalized spacial score (nSPS) is 14.9. The summed E-state index contributed by atoms with van der Waals surface area (Å²) < 4.78 is 49.2. The minimum atomic E-state index is -4.41. The number of ether oxygens (including phenoxy) is 1. The first-order chi connectivity index (χ1) is 18.1. The molecule has 8 nitrogen and oxygen atoms in total. The second-order valence-electron chi connectivity index (χ2n) is 9.72. The van der Waals surface area contributed by atoms with Crippen LogP contribution in [-0.2, 0) is 17.5 Å². The van der Waals surface area contributed by atoms with E-state index in [1.165, 1.54) is 6.07 Å². The lowest BCUT2D eigenvalue weighted by Gasteiger charge is -2.36. The van der Waals surface area contributed by atoms with Crippen LogP contribution in [0.5, 0.6) is 0 Å². The Morgan fingerprint density at radius 2 is 1.89 bits per heavy atom. The van der Waals surface area contributed by atoms with Crippen molar-refractivity contribution in [1.29, 1.82) is 0 Å². The number of carbonyl (C=O) groups excluding carboxylic acids is 1. The Balaban J connectivity index is 1.78. The van der Waals surface area contributed by atoms with Crippen LogP contribution in [0, 0.1) is 0 Å². The first-order valence-electron chi connectivity index (χ1n) is 13.1. The van der Waals surface area contributed by atoms with Crippen LogP contribution in [0.2, 0.25) is 0 Å². The van der Waals surface area contributed by atoms with Crippen molar-refractivity contribution in [1.82, 2.24) is 24.2 Å². The van der Waals surface area contributed by atoms with Gasteiger partial charge in [0.2, 0.25) is 0 Å². The number of imidazole rings is 1. The summed E-state index contributed by atoms with van der Waals surface area (Å²) in [5, 5.41) is 4.41. The minimum absolute atomic E-state index is 0.0813. The van der Waals surface area contributed by atoms with Crippen molar-refractivity contribution < 1.29 is 22.7 Å². The Labute approximate surface area is 221 Å². The SMILES string of the molecule is CCCN1CN(CC)c2nc(-c3cnn(Cc4cccc(C(F)(F)F)c4)c3)n(C(CC)OC(C)C)c2C1=O. The number of rotatable bonds is 10. The molecule has 1 unspecified atom stereocenters. The molecule has 2 aromatic heterocycles. The van der Waals surface area contributed by atoms with Gasteiger partial charge in [-0.05, 0) is 51.3 Å². The number of alkyl halides is 3. The molecule has 1 aromatic carbocycles. The minimum Gasteiger partial charge on any atom is -0.355 e. The molecule has 3 aromatic rings. The van der Waals surface area contributed by atoms with Crippen LogP contribution in [-0.4, -0.2) is 56.0 Å². The Bertz CT molecular complexity index is 1270. The molecule has 0 N–H and O–H groups in total. The van der Waals surface area contributed by atoms with E-state index in [0.717, 1.165) is 18.6 Å². The third-order valence-corrected chi connectivity index (χ3v) is 6.46. The van der Waals surface area contributed by atoms with Crippen molar-refractivity contribution in [2.75, 3.05) is 24.7 Å². The third kappa shape index (κ3) is 5.57.